The van der Waals surface area contributed by atoms with Gasteiger partial charge < -0.3 is 19.3 Å². The molecule has 0 radical (unpaired) electrons. The monoisotopic (exact) mass is 324 g/mol. The molecule has 0 heterocycles. The second-order valence-electron chi connectivity index (χ2n) is 5.42. The Bertz CT molecular complexity index is 828. The Balaban J connectivity index is 2.10. The van der Waals surface area contributed by atoms with Crippen molar-refractivity contribution < 1.29 is 19.3 Å². The maximum absolute atomic E-state index is 9.57. The van der Waals surface area contributed by atoms with E-state index < -0.39 is 0 Å². The number of methoxy groups -OCH3 is 2. The summed E-state index contributed by atoms with van der Waals surface area (Å²) in [5, 5.41) is 11.3. The zero-order valence-electron chi connectivity index (χ0n) is 13.8. The average molecular weight is 324 g/mol. The first-order valence-corrected chi connectivity index (χ1v) is 7.72. The maximum atomic E-state index is 9.57. The van der Waals surface area contributed by atoms with Crippen molar-refractivity contribution in [2.75, 3.05) is 14.2 Å². The smallest absolute Gasteiger partial charge is 0.131 e. The summed E-state index contributed by atoms with van der Waals surface area (Å²) in [7, 11) is 3.25. The fourth-order valence-corrected chi connectivity index (χ4v) is 2.73. The molecule has 0 saturated carbocycles. The normalized spacial score (nSPS) is 10.6. The number of aliphatic hydroxyl groups excluding tert-OH is 1. The molecule has 1 N–H and O–H groups in total. The molecule has 3 aromatic carbocycles. The van der Waals surface area contributed by atoms with Crippen molar-refractivity contribution in [3.63, 3.8) is 0 Å². The van der Waals surface area contributed by atoms with Crippen molar-refractivity contribution in [3.8, 4) is 17.2 Å². The van der Waals surface area contributed by atoms with Gasteiger partial charge >= 0.3 is 0 Å². The van der Waals surface area contributed by atoms with Crippen LogP contribution in [0, 0.1) is 0 Å². The maximum Gasteiger partial charge on any atom is 0.131 e. The van der Waals surface area contributed by atoms with Crippen LogP contribution in [0.25, 0.3) is 10.8 Å². The molecule has 0 aliphatic heterocycles. The van der Waals surface area contributed by atoms with Gasteiger partial charge in [0, 0.05) is 5.39 Å². The van der Waals surface area contributed by atoms with Gasteiger partial charge in [0.25, 0.3) is 0 Å². The van der Waals surface area contributed by atoms with Crippen LogP contribution in [0.4, 0.5) is 0 Å². The van der Waals surface area contributed by atoms with E-state index in [9.17, 15) is 5.11 Å². The van der Waals surface area contributed by atoms with Crippen molar-refractivity contribution in [1.82, 2.24) is 0 Å². The van der Waals surface area contributed by atoms with Crippen LogP contribution in [-0.2, 0) is 13.2 Å². The van der Waals surface area contributed by atoms with Crippen LogP contribution in [-0.4, -0.2) is 19.3 Å². The predicted molar refractivity (Wildman–Crippen MR) is 93.7 cm³/mol. The van der Waals surface area contributed by atoms with Crippen LogP contribution >= 0.6 is 0 Å². The zero-order chi connectivity index (χ0) is 16.9. The van der Waals surface area contributed by atoms with Crippen molar-refractivity contribution >= 4 is 10.8 Å². The first kappa shape index (κ1) is 16.1. The minimum absolute atomic E-state index is 0.0714. The number of rotatable bonds is 6. The second kappa shape index (κ2) is 7.23. The first-order valence-electron chi connectivity index (χ1n) is 7.72. The first-order chi connectivity index (χ1) is 11.8. The van der Waals surface area contributed by atoms with Crippen molar-refractivity contribution in [2.24, 2.45) is 0 Å². The summed E-state index contributed by atoms with van der Waals surface area (Å²) < 4.78 is 17.0. The number of benzene rings is 3. The molecule has 0 unspecified atom stereocenters. The van der Waals surface area contributed by atoms with E-state index in [1.807, 2.05) is 54.6 Å². The third-order valence-corrected chi connectivity index (χ3v) is 3.92. The molecule has 0 aromatic heterocycles. The number of hydrogen-bond acceptors (Lipinski definition) is 4. The van der Waals surface area contributed by atoms with Crippen molar-refractivity contribution in [3.05, 3.63) is 65.7 Å². The van der Waals surface area contributed by atoms with E-state index in [2.05, 4.69) is 0 Å². The van der Waals surface area contributed by atoms with Gasteiger partial charge in [-0.25, -0.2) is 0 Å². The summed E-state index contributed by atoms with van der Waals surface area (Å²) in [6, 6.07) is 17.4. The van der Waals surface area contributed by atoms with Gasteiger partial charge in [0.15, 0.2) is 0 Å². The van der Waals surface area contributed by atoms with Crippen LogP contribution in [0.3, 0.4) is 0 Å². The third kappa shape index (κ3) is 3.14. The summed E-state index contributed by atoms with van der Waals surface area (Å²) >= 11 is 0. The molecule has 0 amide bonds. The average Bonchev–Trinajstić information content (AvgIpc) is 2.65. The Morgan fingerprint density at radius 1 is 0.792 bits per heavy atom. The lowest BCUT2D eigenvalue weighted by molar-refractivity contribution is 0.278. The van der Waals surface area contributed by atoms with Gasteiger partial charge in [0.1, 0.15) is 23.9 Å². The highest BCUT2D eigenvalue weighted by Crippen LogP contribution is 2.40. The van der Waals surface area contributed by atoms with Gasteiger partial charge in [0.05, 0.1) is 26.2 Å². The van der Waals surface area contributed by atoms with E-state index in [4.69, 9.17) is 14.2 Å². The Morgan fingerprint density at radius 2 is 1.50 bits per heavy atom. The molecule has 3 aromatic rings. The van der Waals surface area contributed by atoms with Crippen LogP contribution < -0.4 is 14.2 Å². The summed E-state index contributed by atoms with van der Waals surface area (Å²) in [6.07, 6.45) is 0. The third-order valence-electron chi connectivity index (χ3n) is 3.92. The van der Waals surface area contributed by atoms with Crippen LogP contribution in [0.2, 0.25) is 0 Å². The van der Waals surface area contributed by atoms with Gasteiger partial charge in [-0.2, -0.15) is 0 Å². The summed E-state index contributed by atoms with van der Waals surface area (Å²) in [6.45, 7) is 0.364. The lowest BCUT2D eigenvalue weighted by Gasteiger charge is -2.16. The summed E-state index contributed by atoms with van der Waals surface area (Å²) in [4.78, 5) is 0. The van der Waals surface area contributed by atoms with E-state index in [1.54, 1.807) is 14.2 Å². The second-order valence-corrected chi connectivity index (χ2v) is 5.42. The van der Waals surface area contributed by atoms with Crippen LogP contribution in [0.1, 0.15) is 11.1 Å². The molecular weight excluding hydrogens is 304 g/mol. The van der Waals surface area contributed by atoms with Gasteiger partial charge in [0.2, 0.25) is 0 Å². The van der Waals surface area contributed by atoms with Crippen LogP contribution in [0.5, 0.6) is 17.2 Å². The summed E-state index contributed by atoms with van der Waals surface area (Å²) in [5.41, 5.74) is 1.83. The molecule has 24 heavy (non-hydrogen) atoms. The molecule has 4 heteroatoms. The van der Waals surface area contributed by atoms with Gasteiger partial charge in [-0.05, 0) is 35.4 Å². The highest BCUT2D eigenvalue weighted by molar-refractivity contribution is 5.98. The number of hydrogen-bond donors (Lipinski definition) is 1. The standard InChI is InChI=1S/C20H20O4/c1-22-17-8-9-18(23-2)20-16(17)10-15(12-21)11-19(20)24-13-14-6-4-3-5-7-14/h3-11,21H,12-13H2,1-2H3. The lowest BCUT2D eigenvalue weighted by atomic mass is 10.0. The van der Waals surface area contributed by atoms with E-state index in [0.29, 0.717) is 23.9 Å². The van der Waals surface area contributed by atoms with Gasteiger partial charge in [-0.1, -0.05) is 30.3 Å². The molecule has 0 bridgehead atoms. The summed E-state index contributed by atoms with van der Waals surface area (Å²) in [5.74, 6) is 2.08. The minimum Gasteiger partial charge on any atom is -0.496 e. The topological polar surface area (TPSA) is 47.9 Å². The molecule has 3 rings (SSSR count). The number of aliphatic hydroxyl groups is 1. The van der Waals surface area contributed by atoms with Gasteiger partial charge in [-0.15, -0.1) is 0 Å². The van der Waals surface area contributed by atoms with E-state index in [0.717, 1.165) is 21.9 Å². The fraction of sp³-hybridized carbons (Fsp3) is 0.200. The molecule has 0 saturated heterocycles. The largest absolute Gasteiger partial charge is 0.496 e. The predicted octanol–water partition coefficient (Wildman–Crippen LogP) is 3.93. The Kier molecular flexibility index (Phi) is 4.87. The molecule has 0 aliphatic rings. The Morgan fingerprint density at radius 3 is 2.17 bits per heavy atom. The van der Waals surface area contributed by atoms with E-state index in [1.165, 1.54) is 0 Å². The Labute approximate surface area is 141 Å². The zero-order valence-corrected chi connectivity index (χ0v) is 13.8. The molecule has 0 fully saturated rings. The van der Waals surface area contributed by atoms with E-state index >= 15 is 0 Å². The van der Waals surface area contributed by atoms with Gasteiger partial charge in [-0.3, -0.25) is 0 Å². The number of fused-ring (bicyclic) bond motifs is 1. The molecule has 0 atom stereocenters. The van der Waals surface area contributed by atoms with E-state index in [-0.39, 0.29) is 6.61 Å². The highest BCUT2D eigenvalue weighted by Gasteiger charge is 2.14. The minimum atomic E-state index is -0.0714. The Hall–Kier alpha value is -2.72. The molecule has 4 nitrogen and oxygen atoms in total. The fourth-order valence-electron chi connectivity index (χ4n) is 2.73. The van der Waals surface area contributed by atoms with Crippen molar-refractivity contribution in [1.29, 1.82) is 0 Å². The van der Waals surface area contributed by atoms with Crippen molar-refractivity contribution in [2.45, 2.75) is 13.2 Å². The molecule has 124 valence electrons. The SMILES string of the molecule is COc1ccc(OC)c2c(OCc3ccccc3)cc(CO)cc12. The lowest BCUT2D eigenvalue weighted by Crippen LogP contribution is -1.99. The van der Waals surface area contributed by atoms with Crippen LogP contribution in [0.15, 0.2) is 54.6 Å². The quantitative estimate of drug-likeness (QED) is 0.746. The molecule has 0 spiro atoms. The highest BCUT2D eigenvalue weighted by atomic mass is 16.5. The molecular formula is C20H20O4. The molecule has 0 aliphatic carbocycles. The number of ether oxygens (including phenoxy) is 3.